The Morgan fingerprint density at radius 1 is 1.67 bits per heavy atom. The number of hydrogen-bond donors (Lipinski definition) is 0. The topological polar surface area (TPSA) is 0 Å². The largest absolute Gasteiger partial charge is 0.134 e. The van der Waals surface area contributed by atoms with E-state index in [9.17, 15) is 0 Å². The molecule has 0 N–H and O–H groups in total. The van der Waals surface area contributed by atoms with Crippen LogP contribution in [0, 0.1) is 5.41 Å². The Balaban J connectivity index is 2.13. The molecule has 1 heteroatoms. The highest BCUT2D eigenvalue weighted by atomic mass is 31.0. The summed E-state index contributed by atoms with van der Waals surface area (Å²) >= 11 is 0. The van der Waals surface area contributed by atoms with Crippen LogP contribution < -0.4 is 0 Å². The van der Waals surface area contributed by atoms with Crippen molar-refractivity contribution in [2.24, 2.45) is 5.41 Å². The molecule has 0 heterocycles. The van der Waals surface area contributed by atoms with Crippen LogP contribution in [0.25, 0.3) is 0 Å². The maximum Gasteiger partial charge on any atom is -0.0205 e. The first-order chi connectivity index (χ1) is 4.19. The zero-order valence-electron chi connectivity index (χ0n) is 6.48. The van der Waals surface area contributed by atoms with Gasteiger partial charge in [-0.3, -0.25) is 0 Å². The summed E-state index contributed by atoms with van der Waals surface area (Å²) in [6.45, 7) is 4.67. The van der Waals surface area contributed by atoms with Crippen LogP contribution in [0.2, 0.25) is 0 Å². The molecule has 0 bridgehead atoms. The Morgan fingerprint density at radius 3 is 2.56 bits per heavy atom. The van der Waals surface area contributed by atoms with Crippen LogP contribution in [0.3, 0.4) is 0 Å². The molecule has 0 spiro atoms. The van der Waals surface area contributed by atoms with E-state index < -0.39 is 0 Å². The van der Waals surface area contributed by atoms with Gasteiger partial charge in [0.25, 0.3) is 0 Å². The molecule has 0 aromatic rings. The lowest BCUT2D eigenvalue weighted by Gasteiger charge is -2.06. The zero-order chi connectivity index (χ0) is 6.91. The molecule has 54 valence electrons. The summed E-state index contributed by atoms with van der Waals surface area (Å²) < 4.78 is 0. The van der Waals surface area contributed by atoms with Crippen LogP contribution in [0.15, 0.2) is 0 Å². The molecule has 0 amide bonds. The van der Waals surface area contributed by atoms with Crippen molar-refractivity contribution < 1.29 is 0 Å². The minimum atomic E-state index is 0.723. The summed E-state index contributed by atoms with van der Waals surface area (Å²) in [5, 5.41) is 0. The smallest absolute Gasteiger partial charge is 0.0205 e. The fraction of sp³-hybridized carbons (Fsp3) is 1.00. The SMILES string of the molecule is CCCCC1(C)CC1P. The molecule has 1 aliphatic carbocycles. The first-order valence-electron chi connectivity index (χ1n) is 3.94. The van der Waals surface area contributed by atoms with E-state index in [1.165, 1.54) is 25.7 Å². The quantitative estimate of drug-likeness (QED) is 0.534. The van der Waals surface area contributed by atoms with Gasteiger partial charge < -0.3 is 0 Å². The molecule has 9 heavy (non-hydrogen) atoms. The van der Waals surface area contributed by atoms with Gasteiger partial charge >= 0.3 is 0 Å². The fourth-order valence-corrected chi connectivity index (χ4v) is 2.02. The molecule has 0 aromatic carbocycles. The van der Waals surface area contributed by atoms with Crippen molar-refractivity contribution in [3.8, 4) is 0 Å². The second kappa shape index (κ2) is 2.58. The predicted molar refractivity (Wildman–Crippen MR) is 45.7 cm³/mol. The van der Waals surface area contributed by atoms with Crippen molar-refractivity contribution >= 4 is 9.24 Å². The molecule has 1 rings (SSSR count). The van der Waals surface area contributed by atoms with Crippen molar-refractivity contribution in [3.05, 3.63) is 0 Å². The van der Waals surface area contributed by atoms with Gasteiger partial charge in [-0.05, 0) is 23.9 Å². The standard InChI is InChI=1S/C8H17P/c1-3-4-5-8(2)6-7(8)9/h7H,3-6,9H2,1-2H3. The van der Waals surface area contributed by atoms with Crippen LogP contribution in [-0.2, 0) is 0 Å². The van der Waals surface area contributed by atoms with E-state index in [1.807, 2.05) is 0 Å². The van der Waals surface area contributed by atoms with Gasteiger partial charge in [-0.25, -0.2) is 0 Å². The van der Waals surface area contributed by atoms with E-state index in [0.29, 0.717) is 0 Å². The van der Waals surface area contributed by atoms with Crippen molar-refractivity contribution in [1.29, 1.82) is 0 Å². The molecular weight excluding hydrogens is 127 g/mol. The van der Waals surface area contributed by atoms with Gasteiger partial charge in [0.2, 0.25) is 0 Å². The van der Waals surface area contributed by atoms with Crippen LogP contribution in [0.1, 0.15) is 39.5 Å². The second-order valence-corrected chi connectivity index (χ2v) is 4.37. The molecule has 3 unspecified atom stereocenters. The first kappa shape index (κ1) is 7.54. The third-order valence-corrected chi connectivity index (χ3v) is 3.56. The van der Waals surface area contributed by atoms with E-state index in [4.69, 9.17) is 0 Å². The number of unbranched alkanes of at least 4 members (excludes halogenated alkanes) is 1. The normalized spacial score (nSPS) is 41.0. The molecule has 0 aliphatic heterocycles. The van der Waals surface area contributed by atoms with E-state index in [-0.39, 0.29) is 0 Å². The average Bonchev–Trinajstić information content (AvgIpc) is 2.38. The molecule has 0 nitrogen and oxygen atoms in total. The number of rotatable bonds is 3. The second-order valence-electron chi connectivity index (χ2n) is 3.57. The highest BCUT2D eigenvalue weighted by Crippen LogP contribution is 2.54. The Labute approximate surface area is 60.6 Å². The summed E-state index contributed by atoms with van der Waals surface area (Å²) in [6, 6.07) is 0. The molecule has 0 aromatic heterocycles. The lowest BCUT2D eigenvalue weighted by Crippen LogP contribution is -1.95. The Bertz CT molecular complexity index is 101. The Kier molecular flexibility index (Phi) is 2.16. The summed E-state index contributed by atoms with van der Waals surface area (Å²) in [4.78, 5) is 0. The van der Waals surface area contributed by atoms with Gasteiger partial charge in [0.15, 0.2) is 0 Å². The zero-order valence-corrected chi connectivity index (χ0v) is 7.64. The van der Waals surface area contributed by atoms with Gasteiger partial charge in [0.05, 0.1) is 0 Å². The van der Waals surface area contributed by atoms with Crippen LogP contribution in [0.5, 0.6) is 0 Å². The van der Waals surface area contributed by atoms with Crippen LogP contribution >= 0.6 is 9.24 Å². The van der Waals surface area contributed by atoms with E-state index >= 15 is 0 Å². The van der Waals surface area contributed by atoms with Crippen LogP contribution in [-0.4, -0.2) is 5.66 Å². The molecule has 1 fully saturated rings. The van der Waals surface area contributed by atoms with Gasteiger partial charge in [-0.15, -0.1) is 9.24 Å². The van der Waals surface area contributed by atoms with Crippen LogP contribution in [0.4, 0.5) is 0 Å². The lowest BCUT2D eigenvalue weighted by atomic mass is 10.0. The average molecular weight is 144 g/mol. The van der Waals surface area contributed by atoms with Crippen molar-refractivity contribution in [2.75, 3.05) is 0 Å². The predicted octanol–water partition coefficient (Wildman–Crippen LogP) is 2.83. The van der Waals surface area contributed by atoms with Crippen molar-refractivity contribution in [3.63, 3.8) is 0 Å². The first-order valence-corrected chi connectivity index (χ1v) is 4.61. The molecule has 3 atom stereocenters. The van der Waals surface area contributed by atoms with Crippen molar-refractivity contribution in [1.82, 2.24) is 0 Å². The maximum absolute atomic E-state index is 2.93. The number of hydrogen-bond acceptors (Lipinski definition) is 0. The van der Waals surface area contributed by atoms with E-state index in [0.717, 1.165) is 11.1 Å². The fourth-order valence-electron chi connectivity index (χ4n) is 1.31. The van der Waals surface area contributed by atoms with Gasteiger partial charge in [0, 0.05) is 0 Å². The third kappa shape index (κ3) is 1.67. The summed E-state index contributed by atoms with van der Waals surface area (Å²) in [5.74, 6) is 0. The van der Waals surface area contributed by atoms with E-state index in [1.54, 1.807) is 0 Å². The minimum Gasteiger partial charge on any atom is -0.134 e. The molecule has 0 saturated heterocycles. The van der Waals surface area contributed by atoms with E-state index in [2.05, 4.69) is 23.1 Å². The maximum atomic E-state index is 2.93. The van der Waals surface area contributed by atoms with Gasteiger partial charge in [-0.1, -0.05) is 26.7 Å². The Hall–Kier alpha value is 0.430. The molecule has 1 aliphatic rings. The summed E-state index contributed by atoms with van der Waals surface area (Å²) in [5.41, 5.74) is 1.66. The monoisotopic (exact) mass is 144 g/mol. The van der Waals surface area contributed by atoms with Gasteiger partial charge in [0.1, 0.15) is 0 Å². The van der Waals surface area contributed by atoms with Crippen molar-refractivity contribution in [2.45, 2.75) is 45.2 Å². The highest BCUT2D eigenvalue weighted by molar-refractivity contribution is 7.18. The molecule has 1 saturated carbocycles. The Morgan fingerprint density at radius 2 is 2.22 bits per heavy atom. The summed E-state index contributed by atoms with van der Waals surface area (Å²) in [6.07, 6.45) is 5.66. The molecule has 0 radical (unpaired) electrons. The summed E-state index contributed by atoms with van der Waals surface area (Å²) in [7, 11) is 2.93. The highest BCUT2D eigenvalue weighted by Gasteiger charge is 2.45. The van der Waals surface area contributed by atoms with Gasteiger partial charge in [-0.2, -0.15) is 0 Å². The lowest BCUT2D eigenvalue weighted by molar-refractivity contribution is 0.493. The third-order valence-electron chi connectivity index (χ3n) is 2.52. The minimum absolute atomic E-state index is 0.723. The molecular formula is C8H17P.